The Morgan fingerprint density at radius 2 is 1.67 bits per heavy atom. The second kappa shape index (κ2) is 5.83. The van der Waals surface area contributed by atoms with Crippen LogP contribution in [0.15, 0.2) is 51.4 Å². The van der Waals surface area contributed by atoms with Crippen molar-refractivity contribution in [2.75, 3.05) is 5.73 Å². The predicted octanol–water partition coefficient (Wildman–Crippen LogP) is 5.50. The average Bonchev–Trinajstić information content (AvgIpc) is 2.85. The second-order valence-corrected chi connectivity index (χ2v) is 6.67. The van der Waals surface area contributed by atoms with Gasteiger partial charge >= 0.3 is 0 Å². The lowest BCUT2D eigenvalue weighted by Gasteiger charge is -2.06. The van der Waals surface area contributed by atoms with Crippen molar-refractivity contribution in [3.05, 3.63) is 56.4 Å². The number of nitrogens with two attached hydrogens (primary N) is 1. The summed E-state index contributed by atoms with van der Waals surface area (Å²) < 4.78 is 1.85. The molecule has 0 aliphatic rings. The van der Waals surface area contributed by atoms with Crippen molar-refractivity contribution in [3.63, 3.8) is 0 Å². The van der Waals surface area contributed by atoms with E-state index in [9.17, 15) is 0 Å². The number of aromatic amines is 1. The quantitative estimate of drug-likeness (QED) is 0.567. The minimum absolute atomic E-state index is 0.471. The Bertz CT molecular complexity index is 797. The lowest BCUT2D eigenvalue weighted by atomic mass is 10.0. The van der Waals surface area contributed by atoms with Crippen LogP contribution < -0.4 is 5.73 Å². The van der Waals surface area contributed by atoms with Crippen molar-refractivity contribution in [1.29, 1.82) is 0 Å². The minimum Gasteiger partial charge on any atom is -0.382 e. The molecule has 0 aliphatic heterocycles. The molecule has 3 N–H and O–H groups in total. The van der Waals surface area contributed by atoms with Gasteiger partial charge in [0.15, 0.2) is 5.82 Å². The molecule has 3 aromatic rings. The molecule has 21 heavy (non-hydrogen) atoms. The van der Waals surface area contributed by atoms with Crippen LogP contribution in [0.25, 0.3) is 22.4 Å². The number of rotatable bonds is 2. The maximum Gasteiger partial charge on any atom is 0.153 e. The summed E-state index contributed by atoms with van der Waals surface area (Å²) in [5, 5.41) is 7.80. The zero-order chi connectivity index (χ0) is 15.0. The zero-order valence-electron chi connectivity index (χ0n) is 10.7. The molecular weight excluding hydrogens is 417 g/mol. The summed E-state index contributed by atoms with van der Waals surface area (Å²) in [5.41, 5.74) is 9.75. The number of hydrogen-bond donors (Lipinski definition) is 2. The van der Waals surface area contributed by atoms with E-state index in [1.165, 1.54) is 0 Å². The number of aromatic nitrogens is 2. The van der Waals surface area contributed by atoms with Crippen molar-refractivity contribution >= 4 is 49.3 Å². The molecular formula is C15H10Br2ClN3. The zero-order valence-corrected chi connectivity index (χ0v) is 14.6. The monoisotopic (exact) mass is 425 g/mol. The van der Waals surface area contributed by atoms with E-state index in [1.54, 1.807) is 0 Å². The molecule has 0 atom stereocenters. The van der Waals surface area contributed by atoms with Crippen LogP contribution in [0.4, 0.5) is 5.82 Å². The van der Waals surface area contributed by atoms with E-state index in [-0.39, 0.29) is 0 Å². The van der Waals surface area contributed by atoms with Gasteiger partial charge in [0.2, 0.25) is 0 Å². The third-order valence-corrected chi connectivity index (χ3v) is 4.88. The summed E-state index contributed by atoms with van der Waals surface area (Å²) in [4.78, 5) is 0. The molecule has 0 bridgehead atoms. The molecule has 3 rings (SSSR count). The van der Waals surface area contributed by atoms with Gasteiger partial charge in [-0.3, -0.25) is 5.10 Å². The van der Waals surface area contributed by atoms with Crippen LogP contribution in [0.2, 0.25) is 5.02 Å². The predicted molar refractivity (Wildman–Crippen MR) is 94.3 cm³/mol. The molecule has 2 aromatic carbocycles. The first-order valence-electron chi connectivity index (χ1n) is 6.11. The molecule has 1 heterocycles. The lowest BCUT2D eigenvalue weighted by Crippen LogP contribution is -1.89. The van der Waals surface area contributed by atoms with Crippen molar-refractivity contribution < 1.29 is 0 Å². The maximum absolute atomic E-state index is 6.04. The summed E-state index contributed by atoms with van der Waals surface area (Å²) in [6.45, 7) is 0. The fraction of sp³-hybridized carbons (Fsp3) is 0. The highest BCUT2D eigenvalue weighted by atomic mass is 79.9. The van der Waals surface area contributed by atoms with Crippen LogP contribution >= 0.6 is 43.5 Å². The smallest absolute Gasteiger partial charge is 0.153 e. The van der Waals surface area contributed by atoms with Gasteiger partial charge in [-0.1, -0.05) is 45.7 Å². The molecule has 0 radical (unpaired) electrons. The topological polar surface area (TPSA) is 54.7 Å². The molecule has 0 amide bonds. The number of nitrogens with zero attached hydrogens (tertiary/aromatic N) is 1. The second-order valence-electron chi connectivity index (χ2n) is 4.49. The number of halogens is 3. The first-order chi connectivity index (χ1) is 10.1. The van der Waals surface area contributed by atoms with E-state index in [1.807, 2.05) is 42.5 Å². The largest absolute Gasteiger partial charge is 0.382 e. The molecule has 6 heteroatoms. The SMILES string of the molecule is Nc1n[nH]c(-c2ccc(Cl)c(Br)c2)c1-c1ccc(Br)cc1. The van der Waals surface area contributed by atoms with Gasteiger partial charge in [0, 0.05) is 14.5 Å². The summed E-state index contributed by atoms with van der Waals surface area (Å²) in [7, 11) is 0. The van der Waals surface area contributed by atoms with E-state index in [4.69, 9.17) is 17.3 Å². The van der Waals surface area contributed by atoms with E-state index in [0.717, 1.165) is 31.3 Å². The first-order valence-corrected chi connectivity index (χ1v) is 8.08. The van der Waals surface area contributed by atoms with Crippen LogP contribution in [0.1, 0.15) is 0 Å². The van der Waals surface area contributed by atoms with Crippen LogP contribution in [0.5, 0.6) is 0 Å². The number of nitrogens with one attached hydrogen (secondary N) is 1. The Balaban J connectivity index is 2.16. The molecule has 106 valence electrons. The molecule has 0 saturated carbocycles. The Hall–Kier alpha value is -1.30. The van der Waals surface area contributed by atoms with Crippen molar-refractivity contribution in [2.24, 2.45) is 0 Å². The van der Waals surface area contributed by atoms with Gasteiger partial charge in [-0.25, -0.2) is 0 Å². The van der Waals surface area contributed by atoms with Crippen molar-refractivity contribution in [3.8, 4) is 22.4 Å². The Kier molecular flexibility index (Phi) is 4.06. The van der Waals surface area contributed by atoms with E-state index >= 15 is 0 Å². The standard InChI is InChI=1S/C15H10Br2ClN3/c16-10-4-1-8(2-5-10)13-14(20-21-15(13)19)9-3-6-12(18)11(17)7-9/h1-7H,(H3,19,20,21). The lowest BCUT2D eigenvalue weighted by molar-refractivity contribution is 1.10. The first kappa shape index (κ1) is 14.6. The molecule has 0 unspecified atom stereocenters. The number of hydrogen-bond acceptors (Lipinski definition) is 2. The molecule has 0 spiro atoms. The van der Waals surface area contributed by atoms with Gasteiger partial charge in [0.1, 0.15) is 0 Å². The minimum atomic E-state index is 0.471. The third kappa shape index (κ3) is 2.86. The Labute approximate surface area is 143 Å². The van der Waals surface area contributed by atoms with Crippen LogP contribution in [-0.2, 0) is 0 Å². The fourth-order valence-electron chi connectivity index (χ4n) is 2.13. The van der Waals surface area contributed by atoms with Crippen LogP contribution in [-0.4, -0.2) is 10.2 Å². The van der Waals surface area contributed by atoms with Crippen molar-refractivity contribution in [2.45, 2.75) is 0 Å². The summed E-state index contributed by atoms with van der Waals surface area (Å²) >= 11 is 12.9. The Morgan fingerprint density at radius 3 is 2.33 bits per heavy atom. The fourth-order valence-corrected chi connectivity index (χ4v) is 2.89. The van der Waals surface area contributed by atoms with Gasteiger partial charge < -0.3 is 5.73 Å². The van der Waals surface area contributed by atoms with E-state index < -0.39 is 0 Å². The van der Waals surface area contributed by atoms with Gasteiger partial charge in [0.05, 0.1) is 16.3 Å². The van der Waals surface area contributed by atoms with E-state index in [0.29, 0.717) is 10.8 Å². The molecule has 0 fully saturated rings. The Morgan fingerprint density at radius 1 is 1.00 bits per heavy atom. The molecule has 1 aromatic heterocycles. The maximum atomic E-state index is 6.04. The van der Waals surface area contributed by atoms with E-state index in [2.05, 4.69) is 42.1 Å². The summed E-state index contributed by atoms with van der Waals surface area (Å²) in [6, 6.07) is 13.7. The highest BCUT2D eigenvalue weighted by Crippen LogP contribution is 2.37. The normalized spacial score (nSPS) is 10.8. The highest BCUT2D eigenvalue weighted by molar-refractivity contribution is 9.10. The third-order valence-electron chi connectivity index (χ3n) is 3.14. The number of nitrogen functional groups attached to an aromatic ring is 1. The van der Waals surface area contributed by atoms with Gasteiger partial charge in [-0.15, -0.1) is 0 Å². The number of benzene rings is 2. The highest BCUT2D eigenvalue weighted by Gasteiger charge is 2.15. The van der Waals surface area contributed by atoms with Gasteiger partial charge in [0.25, 0.3) is 0 Å². The average molecular weight is 428 g/mol. The van der Waals surface area contributed by atoms with Gasteiger partial charge in [-0.2, -0.15) is 5.10 Å². The molecule has 0 aliphatic carbocycles. The molecule has 3 nitrogen and oxygen atoms in total. The van der Waals surface area contributed by atoms with Crippen molar-refractivity contribution in [1.82, 2.24) is 10.2 Å². The molecule has 0 saturated heterocycles. The number of H-pyrrole nitrogens is 1. The summed E-state index contributed by atoms with van der Waals surface area (Å²) in [6.07, 6.45) is 0. The summed E-state index contributed by atoms with van der Waals surface area (Å²) in [5.74, 6) is 0.471. The van der Waals surface area contributed by atoms with Crippen LogP contribution in [0, 0.1) is 0 Å². The van der Waals surface area contributed by atoms with Gasteiger partial charge in [-0.05, 0) is 45.8 Å². The number of anilines is 1. The van der Waals surface area contributed by atoms with Crippen LogP contribution in [0.3, 0.4) is 0 Å².